The highest BCUT2D eigenvalue weighted by Gasteiger charge is 2.14. The van der Waals surface area contributed by atoms with Crippen LogP contribution in [0.3, 0.4) is 0 Å². The number of nitrogens with zero attached hydrogens (tertiary/aromatic N) is 1. The summed E-state index contributed by atoms with van der Waals surface area (Å²) in [6, 6.07) is 9.56. The summed E-state index contributed by atoms with van der Waals surface area (Å²) in [5.74, 6) is -2.16. The van der Waals surface area contributed by atoms with Gasteiger partial charge < -0.3 is 5.32 Å². The zero-order valence-corrected chi connectivity index (χ0v) is 10.6. The molecule has 1 N–H and O–H groups in total. The maximum Gasteiger partial charge on any atom is 0.258 e. The number of hydrogen-bond donors (Lipinski definition) is 1. The van der Waals surface area contributed by atoms with Crippen LogP contribution in [0.1, 0.15) is 21.5 Å². The Labute approximate surface area is 114 Å². The third-order valence-corrected chi connectivity index (χ3v) is 2.72. The fourth-order valence-electron chi connectivity index (χ4n) is 1.68. The molecule has 2 aromatic rings. The molecular weight excluding hydrogens is 262 g/mol. The van der Waals surface area contributed by atoms with Crippen LogP contribution in [-0.4, -0.2) is 5.91 Å². The number of amides is 1. The lowest BCUT2D eigenvalue weighted by Crippen LogP contribution is -2.14. The molecule has 0 aliphatic carbocycles. The van der Waals surface area contributed by atoms with Crippen LogP contribution in [0.2, 0.25) is 0 Å². The van der Waals surface area contributed by atoms with Crippen molar-refractivity contribution in [3.8, 4) is 6.07 Å². The molecule has 0 spiro atoms. The Bertz CT molecular complexity index is 720. The molecule has 1 amide bonds. The monoisotopic (exact) mass is 272 g/mol. The number of hydrogen-bond acceptors (Lipinski definition) is 2. The summed E-state index contributed by atoms with van der Waals surface area (Å²) in [6.45, 7) is 1.70. The molecule has 0 radical (unpaired) electrons. The minimum absolute atomic E-state index is 0.103. The predicted molar refractivity (Wildman–Crippen MR) is 70.2 cm³/mol. The molecule has 100 valence electrons. The average molecular weight is 272 g/mol. The van der Waals surface area contributed by atoms with Gasteiger partial charge in [-0.3, -0.25) is 4.79 Å². The van der Waals surface area contributed by atoms with E-state index in [1.54, 1.807) is 19.1 Å². The molecule has 2 rings (SSSR count). The third-order valence-electron chi connectivity index (χ3n) is 2.72. The van der Waals surface area contributed by atoms with Crippen molar-refractivity contribution < 1.29 is 13.6 Å². The van der Waals surface area contributed by atoms with Crippen LogP contribution >= 0.6 is 0 Å². The van der Waals surface area contributed by atoms with E-state index >= 15 is 0 Å². The summed E-state index contributed by atoms with van der Waals surface area (Å²) >= 11 is 0. The number of carbonyl (C=O) groups excluding carboxylic acids is 1. The van der Waals surface area contributed by atoms with Crippen molar-refractivity contribution in [2.75, 3.05) is 5.32 Å². The molecule has 0 heterocycles. The molecule has 3 nitrogen and oxygen atoms in total. The number of carbonyl (C=O) groups is 1. The normalized spacial score (nSPS) is 9.90. The molecule has 0 fully saturated rings. The van der Waals surface area contributed by atoms with Crippen LogP contribution in [-0.2, 0) is 0 Å². The molecule has 2 aromatic carbocycles. The summed E-state index contributed by atoms with van der Waals surface area (Å²) in [6.07, 6.45) is 0. The lowest BCUT2D eigenvalue weighted by molar-refractivity contribution is 0.102. The number of halogens is 2. The predicted octanol–water partition coefficient (Wildman–Crippen LogP) is 3.40. The van der Waals surface area contributed by atoms with Gasteiger partial charge in [0.15, 0.2) is 0 Å². The molecule has 0 saturated heterocycles. The number of aryl methyl sites for hydroxylation is 1. The van der Waals surface area contributed by atoms with Gasteiger partial charge in [-0.1, -0.05) is 6.07 Å². The zero-order valence-electron chi connectivity index (χ0n) is 10.6. The van der Waals surface area contributed by atoms with E-state index in [1.165, 1.54) is 24.3 Å². The molecule has 0 atom stereocenters. The van der Waals surface area contributed by atoms with E-state index < -0.39 is 17.5 Å². The van der Waals surface area contributed by atoms with Crippen molar-refractivity contribution in [2.45, 2.75) is 6.92 Å². The van der Waals surface area contributed by atoms with Crippen molar-refractivity contribution in [1.29, 1.82) is 5.26 Å². The Balaban J connectivity index is 2.26. The third kappa shape index (κ3) is 2.81. The van der Waals surface area contributed by atoms with Gasteiger partial charge in [0.2, 0.25) is 0 Å². The lowest BCUT2D eigenvalue weighted by Gasteiger charge is -2.07. The molecule has 0 aromatic heterocycles. The maximum atomic E-state index is 13.6. The molecule has 0 unspecified atom stereocenters. The van der Waals surface area contributed by atoms with Gasteiger partial charge in [0, 0.05) is 0 Å². The second-order valence-corrected chi connectivity index (χ2v) is 4.24. The van der Waals surface area contributed by atoms with Crippen LogP contribution in [0, 0.1) is 29.9 Å². The van der Waals surface area contributed by atoms with E-state index in [4.69, 9.17) is 5.26 Å². The summed E-state index contributed by atoms with van der Waals surface area (Å²) in [5.41, 5.74) is 0.555. The quantitative estimate of drug-likeness (QED) is 0.911. The topological polar surface area (TPSA) is 52.9 Å². The van der Waals surface area contributed by atoms with Crippen LogP contribution < -0.4 is 5.32 Å². The first kappa shape index (κ1) is 13.7. The highest BCUT2D eigenvalue weighted by molar-refractivity contribution is 6.04. The smallest absolute Gasteiger partial charge is 0.258 e. The van der Waals surface area contributed by atoms with Crippen LogP contribution in [0.5, 0.6) is 0 Å². The van der Waals surface area contributed by atoms with Crippen LogP contribution in [0.4, 0.5) is 14.5 Å². The van der Waals surface area contributed by atoms with Gasteiger partial charge in [-0.15, -0.1) is 0 Å². The molecule has 0 aliphatic heterocycles. The Hall–Kier alpha value is -2.74. The van der Waals surface area contributed by atoms with E-state index in [9.17, 15) is 13.6 Å². The molecule has 20 heavy (non-hydrogen) atoms. The molecular formula is C15H10F2N2O. The van der Waals surface area contributed by atoms with Crippen LogP contribution in [0.25, 0.3) is 0 Å². The van der Waals surface area contributed by atoms with E-state index in [0.717, 1.165) is 6.07 Å². The SMILES string of the molecule is Cc1ccc(C(=O)Nc2ccc(C#N)cc2F)c(F)c1. The van der Waals surface area contributed by atoms with Crippen molar-refractivity contribution >= 4 is 11.6 Å². The van der Waals surface area contributed by atoms with Gasteiger partial charge in [0.05, 0.1) is 22.9 Å². The van der Waals surface area contributed by atoms with Crippen molar-refractivity contribution in [1.82, 2.24) is 0 Å². The van der Waals surface area contributed by atoms with Gasteiger partial charge in [-0.25, -0.2) is 8.78 Å². The first-order chi connectivity index (χ1) is 9.51. The zero-order chi connectivity index (χ0) is 14.7. The van der Waals surface area contributed by atoms with Gasteiger partial charge in [-0.2, -0.15) is 5.26 Å². The molecule has 0 saturated carbocycles. The number of anilines is 1. The van der Waals surface area contributed by atoms with Gasteiger partial charge in [0.25, 0.3) is 5.91 Å². The summed E-state index contributed by atoms with van der Waals surface area (Å²) in [5, 5.41) is 10.9. The van der Waals surface area contributed by atoms with E-state index in [2.05, 4.69) is 5.32 Å². The first-order valence-electron chi connectivity index (χ1n) is 5.78. The summed E-state index contributed by atoms with van der Waals surface area (Å²) < 4.78 is 27.2. The van der Waals surface area contributed by atoms with Gasteiger partial charge in [0.1, 0.15) is 11.6 Å². The second-order valence-electron chi connectivity index (χ2n) is 4.24. The maximum absolute atomic E-state index is 13.6. The van der Waals surface area contributed by atoms with Crippen LogP contribution in [0.15, 0.2) is 36.4 Å². The lowest BCUT2D eigenvalue weighted by atomic mass is 10.1. The number of rotatable bonds is 2. The van der Waals surface area contributed by atoms with Crippen molar-refractivity contribution in [2.24, 2.45) is 0 Å². The second kappa shape index (κ2) is 5.49. The molecule has 5 heteroatoms. The standard InChI is InChI=1S/C15H10F2N2O/c1-9-2-4-11(12(16)6-9)15(20)19-14-5-3-10(8-18)7-13(14)17/h2-7H,1H3,(H,19,20). The van der Waals surface area contributed by atoms with E-state index in [-0.39, 0.29) is 16.8 Å². The summed E-state index contributed by atoms with van der Waals surface area (Å²) in [7, 11) is 0. The number of nitriles is 1. The Morgan fingerprint density at radius 1 is 1.15 bits per heavy atom. The molecule has 0 bridgehead atoms. The Kier molecular flexibility index (Phi) is 3.76. The molecule has 0 aliphatic rings. The van der Waals surface area contributed by atoms with Gasteiger partial charge >= 0.3 is 0 Å². The highest BCUT2D eigenvalue weighted by atomic mass is 19.1. The van der Waals surface area contributed by atoms with Crippen molar-refractivity contribution in [3.05, 3.63) is 64.7 Å². The Morgan fingerprint density at radius 2 is 1.90 bits per heavy atom. The highest BCUT2D eigenvalue weighted by Crippen LogP contribution is 2.18. The Morgan fingerprint density at radius 3 is 2.50 bits per heavy atom. The average Bonchev–Trinajstić information content (AvgIpc) is 2.40. The van der Waals surface area contributed by atoms with E-state index in [1.807, 2.05) is 0 Å². The largest absolute Gasteiger partial charge is 0.319 e. The fourth-order valence-corrected chi connectivity index (χ4v) is 1.68. The van der Waals surface area contributed by atoms with E-state index in [0.29, 0.717) is 5.56 Å². The first-order valence-corrected chi connectivity index (χ1v) is 5.78. The minimum atomic E-state index is -0.745. The minimum Gasteiger partial charge on any atom is -0.319 e. The van der Waals surface area contributed by atoms with Gasteiger partial charge in [-0.05, 0) is 42.8 Å². The van der Waals surface area contributed by atoms with Crippen molar-refractivity contribution in [3.63, 3.8) is 0 Å². The summed E-state index contributed by atoms with van der Waals surface area (Å²) in [4.78, 5) is 11.9. The number of nitrogens with one attached hydrogen (secondary N) is 1. The number of benzene rings is 2. The fraction of sp³-hybridized carbons (Fsp3) is 0.0667.